The van der Waals surface area contributed by atoms with Crippen LogP contribution >= 0.6 is 12.1 Å². The Hall–Kier alpha value is -3.58. The number of likely N-dealkylation sites (tertiary alicyclic amines) is 1. The lowest BCUT2D eigenvalue weighted by molar-refractivity contribution is -0.145. The second-order valence-corrected chi connectivity index (χ2v) is 22.2. The molecule has 6 rings (SSSR count). The van der Waals surface area contributed by atoms with E-state index in [1.165, 1.54) is 12.1 Å². The largest absolute Gasteiger partial charge is 0.381 e. The number of nitrogens with zero attached hydrogens (tertiary/aromatic N) is 3. The zero-order chi connectivity index (χ0) is 45.4. The lowest BCUT2D eigenvalue weighted by Gasteiger charge is -2.38. The van der Waals surface area contributed by atoms with Gasteiger partial charge in [-0.2, -0.15) is 0 Å². The van der Waals surface area contributed by atoms with Gasteiger partial charge in [-0.15, -0.1) is 6.58 Å². The van der Waals surface area contributed by atoms with Crippen molar-refractivity contribution in [1.29, 1.82) is 0 Å². The molecule has 2 spiro atoms. The van der Waals surface area contributed by atoms with E-state index in [9.17, 15) is 19.2 Å². The van der Waals surface area contributed by atoms with Gasteiger partial charge in [-0.05, 0) is 106 Å². The van der Waals surface area contributed by atoms with Crippen LogP contribution in [0.4, 0.5) is 0 Å². The van der Waals surface area contributed by atoms with Gasteiger partial charge < -0.3 is 25.8 Å². The van der Waals surface area contributed by atoms with Crippen molar-refractivity contribution >= 4 is 41.7 Å². The topological polar surface area (TPSA) is 143 Å². The predicted molar refractivity (Wildman–Crippen MR) is 248 cm³/mol. The molecule has 4 saturated carbocycles. The minimum Gasteiger partial charge on any atom is -0.381 e. The molecule has 0 radical (unpaired) electrons. The first kappa shape index (κ1) is 47.9. The Bertz CT molecular complexity index is 1850. The van der Waals surface area contributed by atoms with Gasteiger partial charge in [0.05, 0.1) is 0 Å². The third kappa shape index (κ3) is 8.91. The molecule has 4 aliphatic carbocycles. The molecule has 0 aromatic heterocycles. The van der Waals surface area contributed by atoms with E-state index in [-0.39, 0.29) is 57.6 Å². The van der Waals surface area contributed by atoms with Crippen LogP contribution in [0.1, 0.15) is 139 Å². The highest BCUT2D eigenvalue weighted by Crippen LogP contribution is 2.88. The van der Waals surface area contributed by atoms with E-state index in [0.717, 1.165) is 88.6 Å². The Balaban J connectivity index is 1.27. The van der Waals surface area contributed by atoms with Crippen LogP contribution in [-0.4, -0.2) is 101 Å². The lowest BCUT2D eigenvalue weighted by atomic mass is 9.73. The summed E-state index contributed by atoms with van der Waals surface area (Å²) in [5, 5.41) is 9.54. The molecule has 13 heteroatoms. The lowest BCUT2D eigenvalue weighted by Crippen LogP contribution is -2.62. The third-order valence-corrected chi connectivity index (χ3v) is 17.3. The second kappa shape index (κ2) is 18.5. The van der Waals surface area contributed by atoms with E-state index in [4.69, 9.17) is 0 Å². The normalized spacial score (nSPS) is 29.4. The summed E-state index contributed by atoms with van der Waals surface area (Å²) in [4.78, 5) is 76.8. The van der Waals surface area contributed by atoms with E-state index in [2.05, 4.69) is 45.4 Å². The van der Waals surface area contributed by atoms with E-state index in [1.807, 2.05) is 78.8 Å². The van der Waals surface area contributed by atoms with Crippen molar-refractivity contribution in [3.63, 3.8) is 0 Å². The molecule has 344 valence electrons. The Morgan fingerprint density at radius 1 is 0.919 bits per heavy atom. The summed E-state index contributed by atoms with van der Waals surface area (Å²) in [6.07, 6.45) is 19.0. The van der Waals surface area contributed by atoms with Gasteiger partial charge in [0.2, 0.25) is 17.7 Å². The van der Waals surface area contributed by atoms with E-state index >= 15 is 4.79 Å². The predicted octanol–water partition coefficient (Wildman–Crippen LogP) is 6.96. The Kier molecular flexibility index (Phi) is 14.3. The van der Waals surface area contributed by atoms with Crippen LogP contribution in [0.3, 0.4) is 0 Å². The molecule has 2 aliphatic heterocycles. The molecule has 6 unspecified atom stereocenters. The number of hydrogen-bond acceptors (Lipinski definition) is 8. The first-order chi connectivity index (χ1) is 29.2. The Labute approximate surface area is 376 Å². The molecule has 0 aromatic carbocycles. The molecule has 2 heterocycles. The molecule has 4 N–H and O–H groups in total. The number of amides is 5. The summed E-state index contributed by atoms with van der Waals surface area (Å²) in [5.41, 5.74) is 0.320. The summed E-state index contributed by atoms with van der Waals surface area (Å²) in [6, 6.07) is -2.65. The van der Waals surface area contributed by atoms with Crippen LogP contribution in [0.15, 0.2) is 47.7 Å². The summed E-state index contributed by atoms with van der Waals surface area (Å²) < 4.78 is 5.14. The molecule has 2 saturated heterocycles. The summed E-state index contributed by atoms with van der Waals surface area (Å²) in [6.45, 7) is 22.5. The van der Waals surface area contributed by atoms with Crippen molar-refractivity contribution in [1.82, 2.24) is 34.8 Å². The SMILES string of the molecule is C=CC1CC1(NC(=O)C1CC2(CN1C(=O)C(NC(=O)C(NC(=O)C(C=CC=C(C)N(C)C)=C(C)CC)C1CCCCC1)C(C)(C)C)C(C)(C)C21CCC1)C(=O)NSN1CCCC1. The molecule has 12 nitrogen and oxygen atoms in total. The quantitative estimate of drug-likeness (QED) is 0.0565. The fraction of sp³-hybridized carbons (Fsp3) is 0.735. The standard InChI is InChI=1S/C49H77N7O5S/c1-12-32(3)36(24-19-21-33(4)54(10)11)40(57)50-38(34-22-15-14-16-23-34)42(59)51-39(45(5,6)7)43(60)56-31-48(46(8,9)47(48)25-20-26-47)30-37(56)41(58)52-49(29-35(49)13-2)44(61)53-62-55-27-17-18-28-55/h13,19,21,24,34-35,37-39H,2,12,14-18,20,22-23,25-31H2,1,3-11H3,(H,50,57)(H,51,59)(H,52,58)(H,53,61). The highest BCUT2D eigenvalue weighted by Gasteiger charge is 2.85. The molecule has 6 fully saturated rings. The average molecular weight is 876 g/mol. The van der Waals surface area contributed by atoms with Crippen LogP contribution < -0.4 is 20.7 Å². The van der Waals surface area contributed by atoms with Crippen LogP contribution in [0.5, 0.6) is 0 Å². The minimum atomic E-state index is -1.13. The van der Waals surface area contributed by atoms with Gasteiger partial charge in [-0.1, -0.05) is 85.0 Å². The van der Waals surface area contributed by atoms with E-state index < -0.39 is 29.1 Å². The fourth-order valence-electron chi connectivity index (χ4n) is 11.5. The maximum Gasteiger partial charge on any atom is 0.257 e. The molecular formula is C49H77N7O5S. The third-order valence-electron chi connectivity index (χ3n) is 16.4. The van der Waals surface area contributed by atoms with E-state index in [0.29, 0.717) is 31.4 Å². The number of rotatable bonds is 16. The van der Waals surface area contributed by atoms with Crippen molar-refractivity contribution < 1.29 is 24.0 Å². The number of carbonyl (C=O) groups excluding carboxylic acids is 5. The van der Waals surface area contributed by atoms with Gasteiger partial charge in [0.1, 0.15) is 23.7 Å². The van der Waals surface area contributed by atoms with Crippen molar-refractivity contribution in [2.75, 3.05) is 33.7 Å². The Morgan fingerprint density at radius 3 is 2.11 bits per heavy atom. The van der Waals surface area contributed by atoms with Crippen molar-refractivity contribution in [3.05, 3.63) is 47.7 Å². The van der Waals surface area contributed by atoms with Crippen molar-refractivity contribution in [2.45, 2.75) is 163 Å². The second-order valence-electron chi connectivity index (χ2n) is 21.3. The summed E-state index contributed by atoms with van der Waals surface area (Å²) in [7, 11) is 3.94. The molecule has 0 bridgehead atoms. The highest BCUT2D eigenvalue weighted by molar-refractivity contribution is 7.95. The van der Waals surface area contributed by atoms with E-state index in [1.54, 1.807) is 11.0 Å². The maximum absolute atomic E-state index is 15.4. The number of allylic oxidation sites excluding steroid dienone is 4. The molecule has 5 amide bonds. The fourth-order valence-corrected chi connectivity index (χ4v) is 12.4. The van der Waals surface area contributed by atoms with Crippen molar-refractivity contribution in [3.8, 4) is 0 Å². The van der Waals surface area contributed by atoms with Gasteiger partial charge in [0.15, 0.2) is 0 Å². The average Bonchev–Trinajstić information content (AvgIpc) is 3.69. The summed E-state index contributed by atoms with van der Waals surface area (Å²) >= 11 is 1.30. The monoisotopic (exact) mass is 876 g/mol. The number of nitrogens with one attached hydrogen (secondary N) is 4. The number of hydrogen-bond donors (Lipinski definition) is 4. The molecule has 6 atom stereocenters. The van der Waals surface area contributed by atoms with Crippen LogP contribution in [0.2, 0.25) is 0 Å². The van der Waals surface area contributed by atoms with Crippen LogP contribution in [0.25, 0.3) is 0 Å². The van der Waals surface area contributed by atoms with Crippen LogP contribution in [0, 0.1) is 33.5 Å². The van der Waals surface area contributed by atoms with Gasteiger partial charge in [-0.25, -0.2) is 4.31 Å². The summed E-state index contributed by atoms with van der Waals surface area (Å²) in [5.74, 6) is -1.89. The Morgan fingerprint density at radius 2 is 1.58 bits per heavy atom. The van der Waals surface area contributed by atoms with Gasteiger partial charge in [0, 0.05) is 68.5 Å². The van der Waals surface area contributed by atoms with Gasteiger partial charge >= 0.3 is 0 Å². The molecule has 0 aromatic rings. The molecule has 62 heavy (non-hydrogen) atoms. The van der Waals surface area contributed by atoms with Crippen LogP contribution in [-0.2, 0) is 24.0 Å². The minimum absolute atomic E-state index is 0.0479. The van der Waals surface area contributed by atoms with Gasteiger partial charge in [-0.3, -0.25) is 28.7 Å². The van der Waals surface area contributed by atoms with Gasteiger partial charge in [0.25, 0.3) is 11.8 Å². The zero-order valence-electron chi connectivity index (χ0n) is 39.5. The molecule has 6 aliphatic rings. The zero-order valence-corrected chi connectivity index (χ0v) is 40.3. The number of carbonyl (C=O) groups is 5. The number of fused-ring (bicyclic) bond motifs is 1. The maximum atomic E-state index is 15.4. The first-order valence-corrected chi connectivity index (χ1v) is 24.3. The van der Waals surface area contributed by atoms with Crippen molar-refractivity contribution in [2.24, 2.45) is 33.5 Å². The molecular weight excluding hydrogens is 799 g/mol. The first-order valence-electron chi connectivity index (χ1n) is 23.5. The smallest absolute Gasteiger partial charge is 0.257 e. The highest BCUT2D eigenvalue weighted by atomic mass is 32.2.